The van der Waals surface area contributed by atoms with Crippen LogP contribution < -0.4 is 10.1 Å². The summed E-state index contributed by atoms with van der Waals surface area (Å²) >= 11 is 0. The average molecular weight is 233 g/mol. The Hall–Kier alpha value is -1.50. The molecule has 17 heavy (non-hydrogen) atoms. The summed E-state index contributed by atoms with van der Waals surface area (Å²) in [5.41, 5.74) is 1.18. The molecule has 3 nitrogen and oxygen atoms in total. The van der Waals surface area contributed by atoms with Gasteiger partial charge in [-0.3, -0.25) is 0 Å². The maximum atomic E-state index is 8.78. The maximum Gasteiger partial charge on any atom is 0.148 e. The molecular formula is C14H19NO2. The van der Waals surface area contributed by atoms with E-state index in [1.807, 2.05) is 24.3 Å². The zero-order chi connectivity index (χ0) is 12.5. The van der Waals surface area contributed by atoms with Crippen LogP contribution in [0.15, 0.2) is 24.3 Å². The molecule has 0 spiro atoms. The van der Waals surface area contributed by atoms with Crippen LogP contribution in [0.5, 0.6) is 5.75 Å². The molecule has 0 bridgehead atoms. The second kappa shape index (κ2) is 7.72. The van der Waals surface area contributed by atoms with Gasteiger partial charge in [0.15, 0.2) is 0 Å². The number of aliphatic hydroxyl groups excluding tert-OH is 1. The summed E-state index contributed by atoms with van der Waals surface area (Å²) in [7, 11) is 0. The number of terminal acetylenes is 1. The lowest BCUT2D eigenvalue weighted by molar-refractivity contribution is 0.268. The van der Waals surface area contributed by atoms with Gasteiger partial charge in [0.2, 0.25) is 0 Å². The van der Waals surface area contributed by atoms with Crippen LogP contribution >= 0.6 is 0 Å². The molecule has 0 saturated heterocycles. The lowest BCUT2D eigenvalue weighted by Crippen LogP contribution is -2.26. The van der Waals surface area contributed by atoms with E-state index < -0.39 is 0 Å². The number of hydrogen-bond donors (Lipinski definition) is 2. The van der Waals surface area contributed by atoms with Gasteiger partial charge in [0.05, 0.1) is 0 Å². The van der Waals surface area contributed by atoms with Gasteiger partial charge in [-0.25, -0.2) is 0 Å². The summed E-state index contributed by atoms with van der Waals surface area (Å²) in [6.45, 7) is 3.36. The number of hydrogen-bond acceptors (Lipinski definition) is 3. The van der Waals surface area contributed by atoms with Gasteiger partial charge in [0.25, 0.3) is 0 Å². The first kappa shape index (κ1) is 13.6. The van der Waals surface area contributed by atoms with Crippen LogP contribution in [0.1, 0.15) is 18.9 Å². The monoisotopic (exact) mass is 233 g/mol. The van der Waals surface area contributed by atoms with Crippen molar-refractivity contribution in [2.45, 2.75) is 25.9 Å². The highest BCUT2D eigenvalue weighted by molar-refractivity contribution is 5.27. The van der Waals surface area contributed by atoms with Gasteiger partial charge in [0.1, 0.15) is 12.4 Å². The van der Waals surface area contributed by atoms with Crippen molar-refractivity contribution < 1.29 is 9.84 Å². The Balaban J connectivity index is 2.37. The number of rotatable bonds is 7. The molecular weight excluding hydrogens is 214 g/mol. The first-order valence-electron chi connectivity index (χ1n) is 5.75. The van der Waals surface area contributed by atoms with Crippen molar-refractivity contribution in [2.75, 3.05) is 13.2 Å². The van der Waals surface area contributed by atoms with E-state index >= 15 is 0 Å². The fourth-order valence-electron chi connectivity index (χ4n) is 1.42. The minimum atomic E-state index is 0.215. The maximum absolute atomic E-state index is 8.78. The largest absolute Gasteiger partial charge is 0.481 e. The predicted octanol–water partition coefficient (Wildman–Crippen LogP) is 1.56. The smallest absolute Gasteiger partial charge is 0.148 e. The highest BCUT2D eigenvalue weighted by Gasteiger charge is 2.00. The van der Waals surface area contributed by atoms with Crippen molar-refractivity contribution >= 4 is 0 Å². The third-order valence-electron chi connectivity index (χ3n) is 2.46. The molecule has 2 N–H and O–H groups in total. The average Bonchev–Trinajstić information content (AvgIpc) is 2.35. The molecule has 92 valence electrons. The van der Waals surface area contributed by atoms with Crippen LogP contribution in [-0.4, -0.2) is 24.4 Å². The standard InChI is InChI=1S/C14H19NO2/c1-3-10-17-14-6-4-13(5-7-14)11-15-12(2)8-9-16/h1,4-7,12,15-16H,8-11H2,2H3. The van der Waals surface area contributed by atoms with Crippen LogP contribution in [0.4, 0.5) is 0 Å². The molecule has 0 amide bonds. The van der Waals surface area contributed by atoms with Crippen molar-refractivity contribution in [3.63, 3.8) is 0 Å². The van der Waals surface area contributed by atoms with E-state index in [1.165, 1.54) is 5.56 Å². The highest BCUT2D eigenvalue weighted by Crippen LogP contribution is 2.12. The third kappa shape index (κ3) is 5.39. The summed E-state index contributed by atoms with van der Waals surface area (Å²) in [5, 5.41) is 12.1. The van der Waals surface area contributed by atoms with E-state index in [-0.39, 0.29) is 6.61 Å². The van der Waals surface area contributed by atoms with E-state index in [9.17, 15) is 0 Å². The van der Waals surface area contributed by atoms with Crippen molar-refractivity contribution in [2.24, 2.45) is 0 Å². The molecule has 0 aliphatic carbocycles. The zero-order valence-electron chi connectivity index (χ0n) is 10.1. The molecule has 0 radical (unpaired) electrons. The Labute approximate surface area is 103 Å². The van der Waals surface area contributed by atoms with Crippen LogP contribution in [0.2, 0.25) is 0 Å². The number of aliphatic hydroxyl groups is 1. The first-order valence-corrected chi connectivity index (χ1v) is 5.75. The first-order chi connectivity index (χ1) is 8.26. The Bertz CT molecular complexity index is 353. The summed E-state index contributed by atoms with van der Waals surface area (Å²) in [6, 6.07) is 8.14. The molecule has 1 aromatic rings. The lowest BCUT2D eigenvalue weighted by atomic mass is 10.2. The molecule has 1 aromatic carbocycles. The van der Waals surface area contributed by atoms with Gasteiger partial charge in [-0.05, 0) is 31.0 Å². The SMILES string of the molecule is C#CCOc1ccc(CNC(C)CCO)cc1. The minimum Gasteiger partial charge on any atom is -0.481 e. The van der Waals surface area contributed by atoms with Gasteiger partial charge in [-0.15, -0.1) is 6.42 Å². The van der Waals surface area contributed by atoms with E-state index in [0.29, 0.717) is 12.6 Å². The Kier molecular flexibility index (Phi) is 6.16. The van der Waals surface area contributed by atoms with E-state index in [2.05, 4.69) is 18.2 Å². The van der Waals surface area contributed by atoms with Crippen LogP contribution in [0, 0.1) is 12.3 Å². The summed E-state index contributed by atoms with van der Waals surface area (Å²) < 4.78 is 5.28. The van der Waals surface area contributed by atoms with Crippen molar-refractivity contribution in [1.29, 1.82) is 0 Å². The topological polar surface area (TPSA) is 41.5 Å². The lowest BCUT2D eigenvalue weighted by Gasteiger charge is -2.12. The molecule has 3 heteroatoms. The molecule has 0 aliphatic heterocycles. The summed E-state index contributed by atoms with van der Waals surface area (Å²) in [6.07, 6.45) is 5.88. The molecule has 0 saturated carbocycles. The minimum absolute atomic E-state index is 0.215. The molecule has 0 aliphatic rings. The molecule has 1 atom stereocenters. The Morgan fingerprint density at radius 3 is 2.71 bits per heavy atom. The molecule has 0 aromatic heterocycles. The molecule has 0 fully saturated rings. The highest BCUT2D eigenvalue weighted by atomic mass is 16.5. The number of benzene rings is 1. The van der Waals surface area contributed by atoms with Crippen LogP contribution in [-0.2, 0) is 6.54 Å². The fourth-order valence-corrected chi connectivity index (χ4v) is 1.42. The normalized spacial score (nSPS) is 11.8. The predicted molar refractivity (Wildman–Crippen MR) is 68.8 cm³/mol. The van der Waals surface area contributed by atoms with Gasteiger partial charge < -0.3 is 15.2 Å². The van der Waals surface area contributed by atoms with Crippen molar-refractivity contribution in [3.05, 3.63) is 29.8 Å². The Morgan fingerprint density at radius 2 is 2.12 bits per heavy atom. The van der Waals surface area contributed by atoms with Gasteiger partial charge in [0, 0.05) is 19.2 Å². The van der Waals surface area contributed by atoms with E-state index in [0.717, 1.165) is 18.7 Å². The second-order valence-corrected chi connectivity index (χ2v) is 3.93. The molecule has 1 unspecified atom stereocenters. The van der Waals surface area contributed by atoms with Crippen molar-refractivity contribution in [1.82, 2.24) is 5.32 Å². The van der Waals surface area contributed by atoms with E-state index in [4.69, 9.17) is 16.3 Å². The quantitative estimate of drug-likeness (QED) is 0.702. The molecule has 0 heterocycles. The summed E-state index contributed by atoms with van der Waals surface area (Å²) in [4.78, 5) is 0. The Morgan fingerprint density at radius 1 is 1.41 bits per heavy atom. The van der Waals surface area contributed by atoms with Gasteiger partial charge >= 0.3 is 0 Å². The number of nitrogens with one attached hydrogen (secondary N) is 1. The van der Waals surface area contributed by atoms with Gasteiger partial charge in [-0.2, -0.15) is 0 Å². The fraction of sp³-hybridized carbons (Fsp3) is 0.429. The van der Waals surface area contributed by atoms with E-state index in [1.54, 1.807) is 0 Å². The van der Waals surface area contributed by atoms with Crippen LogP contribution in [0.3, 0.4) is 0 Å². The van der Waals surface area contributed by atoms with Gasteiger partial charge in [-0.1, -0.05) is 18.1 Å². The zero-order valence-corrected chi connectivity index (χ0v) is 10.1. The van der Waals surface area contributed by atoms with Crippen molar-refractivity contribution in [3.8, 4) is 18.1 Å². The third-order valence-corrected chi connectivity index (χ3v) is 2.46. The second-order valence-electron chi connectivity index (χ2n) is 3.93. The summed E-state index contributed by atoms with van der Waals surface area (Å²) in [5.74, 6) is 3.21. The van der Waals surface area contributed by atoms with Crippen LogP contribution in [0.25, 0.3) is 0 Å². The molecule has 1 rings (SSSR count). The number of ether oxygens (including phenoxy) is 1.